The fraction of sp³-hybridized carbons (Fsp3) is 0.824. The lowest BCUT2D eigenvalue weighted by Gasteiger charge is -2.32. The SMILES string of the molecule is CC.CC.CC(C)C1C=C(C2CCOCC2)C=NN1C. The molecule has 3 nitrogen and oxygen atoms in total. The zero-order valence-electron chi connectivity index (χ0n) is 14.5. The van der Waals surface area contributed by atoms with Gasteiger partial charge in [-0.1, -0.05) is 47.6 Å². The minimum Gasteiger partial charge on any atom is -0.381 e. The summed E-state index contributed by atoms with van der Waals surface area (Å²) < 4.78 is 5.40. The molecule has 0 aromatic carbocycles. The molecule has 0 aliphatic carbocycles. The zero-order chi connectivity index (χ0) is 15.5. The van der Waals surface area contributed by atoms with Crippen LogP contribution in [0.25, 0.3) is 0 Å². The first-order chi connectivity index (χ1) is 9.68. The third kappa shape index (κ3) is 5.66. The summed E-state index contributed by atoms with van der Waals surface area (Å²) in [5.41, 5.74) is 1.42. The van der Waals surface area contributed by atoms with Crippen LogP contribution in [-0.2, 0) is 4.74 Å². The number of hydrazone groups is 1. The average Bonchev–Trinajstić information content (AvgIpc) is 2.52. The number of likely N-dealkylation sites (N-methyl/N-ethyl adjacent to an activating group) is 1. The van der Waals surface area contributed by atoms with Crippen LogP contribution in [0.2, 0.25) is 0 Å². The van der Waals surface area contributed by atoms with Gasteiger partial charge in [-0.25, -0.2) is 0 Å². The summed E-state index contributed by atoms with van der Waals surface area (Å²) in [6.45, 7) is 14.3. The van der Waals surface area contributed by atoms with E-state index in [0.29, 0.717) is 17.9 Å². The Labute approximate surface area is 126 Å². The number of nitrogens with zero attached hydrogens (tertiary/aromatic N) is 2. The molecular formula is C17H34N2O. The standard InChI is InChI=1S/C13H22N2O.2C2H6/c1-10(2)13-8-12(9-14-15(13)3)11-4-6-16-7-5-11;2*1-2/h8-11,13H,4-7H2,1-3H3;2*1-2H3. The minimum absolute atomic E-state index is 0.447. The maximum Gasteiger partial charge on any atom is 0.0676 e. The highest BCUT2D eigenvalue weighted by Gasteiger charge is 2.24. The Kier molecular flexibility index (Phi) is 10.4. The first-order valence-corrected chi connectivity index (χ1v) is 8.24. The molecule has 2 aliphatic rings. The smallest absolute Gasteiger partial charge is 0.0676 e. The number of ether oxygens (including phenoxy) is 1. The summed E-state index contributed by atoms with van der Waals surface area (Å²) in [6, 6.07) is 0.447. The molecule has 0 bridgehead atoms. The van der Waals surface area contributed by atoms with Crippen LogP contribution < -0.4 is 0 Å². The zero-order valence-corrected chi connectivity index (χ0v) is 14.5. The molecule has 2 rings (SSSR count). The summed E-state index contributed by atoms with van der Waals surface area (Å²) in [5.74, 6) is 1.27. The molecule has 1 saturated heterocycles. The van der Waals surface area contributed by atoms with E-state index in [0.717, 1.165) is 26.1 Å². The predicted molar refractivity (Wildman–Crippen MR) is 89.2 cm³/mol. The lowest BCUT2D eigenvalue weighted by atomic mass is 9.88. The van der Waals surface area contributed by atoms with E-state index in [1.807, 2.05) is 33.9 Å². The van der Waals surface area contributed by atoms with Crippen molar-refractivity contribution in [2.24, 2.45) is 16.9 Å². The predicted octanol–water partition coefficient (Wildman–Crippen LogP) is 4.35. The monoisotopic (exact) mass is 282 g/mol. The summed E-state index contributed by atoms with van der Waals surface area (Å²) in [5, 5.41) is 6.55. The fourth-order valence-corrected chi connectivity index (χ4v) is 2.48. The molecule has 0 aromatic rings. The number of allylic oxidation sites excluding steroid dienone is 1. The Morgan fingerprint density at radius 1 is 1.15 bits per heavy atom. The Balaban J connectivity index is 0.000000829. The molecule has 1 atom stereocenters. The molecule has 2 heterocycles. The van der Waals surface area contributed by atoms with Gasteiger partial charge in [-0.15, -0.1) is 0 Å². The van der Waals surface area contributed by atoms with Crippen molar-refractivity contribution in [3.05, 3.63) is 11.6 Å². The average molecular weight is 282 g/mol. The summed E-state index contributed by atoms with van der Waals surface area (Å²) in [7, 11) is 2.05. The van der Waals surface area contributed by atoms with Gasteiger partial charge in [0.2, 0.25) is 0 Å². The summed E-state index contributed by atoms with van der Waals surface area (Å²) in [6.07, 6.45) is 6.72. The second kappa shape index (κ2) is 10.9. The van der Waals surface area contributed by atoms with Crippen LogP contribution in [0.15, 0.2) is 16.8 Å². The first kappa shape index (κ1) is 19.2. The van der Waals surface area contributed by atoms with Gasteiger partial charge in [-0.3, -0.25) is 5.01 Å². The van der Waals surface area contributed by atoms with Gasteiger partial charge >= 0.3 is 0 Å². The highest BCUT2D eigenvalue weighted by molar-refractivity contribution is 5.80. The summed E-state index contributed by atoms with van der Waals surface area (Å²) in [4.78, 5) is 0. The van der Waals surface area contributed by atoms with Crippen molar-refractivity contribution in [1.29, 1.82) is 0 Å². The second-order valence-electron chi connectivity index (χ2n) is 5.11. The molecule has 1 fully saturated rings. The van der Waals surface area contributed by atoms with E-state index >= 15 is 0 Å². The fourth-order valence-electron chi connectivity index (χ4n) is 2.48. The topological polar surface area (TPSA) is 24.8 Å². The molecule has 0 saturated carbocycles. The molecule has 0 N–H and O–H groups in total. The third-order valence-corrected chi connectivity index (χ3v) is 3.56. The van der Waals surface area contributed by atoms with Crippen LogP contribution in [0.1, 0.15) is 54.4 Å². The third-order valence-electron chi connectivity index (χ3n) is 3.56. The van der Waals surface area contributed by atoms with Crippen molar-refractivity contribution < 1.29 is 4.74 Å². The van der Waals surface area contributed by atoms with E-state index in [1.165, 1.54) is 5.57 Å². The second-order valence-corrected chi connectivity index (χ2v) is 5.11. The van der Waals surface area contributed by atoms with E-state index in [2.05, 4.69) is 37.1 Å². The van der Waals surface area contributed by atoms with Crippen molar-refractivity contribution >= 4 is 6.21 Å². The van der Waals surface area contributed by atoms with Gasteiger partial charge < -0.3 is 4.74 Å². The van der Waals surface area contributed by atoms with Gasteiger partial charge in [0, 0.05) is 20.3 Å². The van der Waals surface area contributed by atoms with Gasteiger partial charge in [0.1, 0.15) is 0 Å². The van der Waals surface area contributed by atoms with Crippen LogP contribution in [0.4, 0.5) is 0 Å². The summed E-state index contributed by atoms with van der Waals surface area (Å²) >= 11 is 0. The van der Waals surface area contributed by atoms with Gasteiger partial charge in [0.05, 0.1) is 12.3 Å². The molecule has 0 amide bonds. The van der Waals surface area contributed by atoms with Gasteiger partial charge in [-0.2, -0.15) is 5.10 Å². The van der Waals surface area contributed by atoms with Crippen LogP contribution in [-0.4, -0.2) is 37.5 Å². The van der Waals surface area contributed by atoms with Crippen LogP contribution in [0.3, 0.4) is 0 Å². The Bertz CT molecular complexity index is 291. The number of hydrogen-bond donors (Lipinski definition) is 0. The molecule has 0 aromatic heterocycles. The lowest BCUT2D eigenvalue weighted by molar-refractivity contribution is 0.0765. The molecule has 3 heteroatoms. The number of hydrogen-bond acceptors (Lipinski definition) is 3. The maximum absolute atomic E-state index is 5.40. The quantitative estimate of drug-likeness (QED) is 0.752. The van der Waals surface area contributed by atoms with E-state index in [4.69, 9.17) is 4.74 Å². The van der Waals surface area contributed by atoms with Crippen molar-refractivity contribution in [1.82, 2.24) is 5.01 Å². The highest BCUT2D eigenvalue weighted by atomic mass is 16.5. The Hall–Kier alpha value is -0.830. The molecule has 0 radical (unpaired) electrons. The van der Waals surface area contributed by atoms with Crippen molar-refractivity contribution in [3.8, 4) is 0 Å². The normalized spacial score (nSPS) is 22.5. The van der Waals surface area contributed by atoms with E-state index in [-0.39, 0.29) is 0 Å². The van der Waals surface area contributed by atoms with E-state index < -0.39 is 0 Å². The molecule has 2 aliphatic heterocycles. The lowest BCUT2D eigenvalue weighted by Crippen LogP contribution is -2.34. The van der Waals surface area contributed by atoms with E-state index in [9.17, 15) is 0 Å². The maximum atomic E-state index is 5.40. The van der Waals surface area contributed by atoms with Crippen LogP contribution in [0.5, 0.6) is 0 Å². The van der Waals surface area contributed by atoms with Crippen molar-refractivity contribution in [2.45, 2.75) is 60.4 Å². The Morgan fingerprint density at radius 2 is 1.70 bits per heavy atom. The molecule has 1 unspecified atom stereocenters. The molecular weight excluding hydrogens is 248 g/mol. The Morgan fingerprint density at radius 3 is 2.20 bits per heavy atom. The van der Waals surface area contributed by atoms with Crippen LogP contribution >= 0.6 is 0 Å². The van der Waals surface area contributed by atoms with Gasteiger partial charge in [0.15, 0.2) is 0 Å². The van der Waals surface area contributed by atoms with Crippen molar-refractivity contribution in [2.75, 3.05) is 20.3 Å². The van der Waals surface area contributed by atoms with Gasteiger partial charge in [-0.05, 0) is 30.3 Å². The largest absolute Gasteiger partial charge is 0.381 e. The van der Waals surface area contributed by atoms with Crippen molar-refractivity contribution in [3.63, 3.8) is 0 Å². The number of rotatable bonds is 2. The molecule has 118 valence electrons. The minimum atomic E-state index is 0.447. The highest BCUT2D eigenvalue weighted by Crippen LogP contribution is 2.26. The molecule has 20 heavy (non-hydrogen) atoms. The van der Waals surface area contributed by atoms with Gasteiger partial charge in [0.25, 0.3) is 0 Å². The molecule has 0 spiro atoms. The van der Waals surface area contributed by atoms with E-state index in [1.54, 1.807) is 0 Å². The van der Waals surface area contributed by atoms with Crippen LogP contribution in [0, 0.1) is 11.8 Å². The first-order valence-electron chi connectivity index (χ1n) is 8.24.